The van der Waals surface area contributed by atoms with E-state index in [4.69, 9.17) is 5.73 Å². The molecule has 0 bridgehead atoms. The van der Waals surface area contributed by atoms with Crippen LogP contribution in [0.2, 0.25) is 0 Å². The molecule has 1 aliphatic rings. The molecule has 1 saturated heterocycles. The fourth-order valence-electron chi connectivity index (χ4n) is 1.82. The van der Waals surface area contributed by atoms with Gasteiger partial charge >= 0.3 is 0 Å². The molecule has 1 aliphatic heterocycles. The van der Waals surface area contributed by atoms with Gasteiger partial charge in [0, 0.05) is 11.8 Å². The molecule has 2 rings (SSSR count). The van der Waals surface area contributed by atoms with Gasteiger partial charge in [-0.15, -0.1) is 0 Å². The van der Waals surface area contributed by atoms with E-state index in [1.807, 2.05) is 6.92 Å². The van der Waals surface area contributed by atoms with E-state index in [-0.39, 0.29) is 10.9 Å². The molecule has 0 saturated carbocycles. The Kier molecular flexibility index (Phi) is 3.65. The minimum absolute atomic E-state index is 0.0331. The van der Waals surface area contributed by atoms with Crippen molar-refractivity contribution in [3.8, 4) is 0 Å². The lowest BCUT2D eigenvalue weighted by Crippen LogP contribution is -2.34. The van der Waals surface area contributed by atoms with Gasteiger partial charge in [-0.1, -0.05) is 6.07 Å². The largest absolute Gasteiger partial charge is 0.398 e. The van der Waals surface area contributed by atoms with Crippen molar-refractivity contribution < 1.29 is 8.42 Å². The zero-order chi connectivity index (χ0) is 12.5. The Hall–Kier alpha value is -0.720. The van der Waals surface area contributed by atoms with Crippen molar-refractivity contribution in [1.82, 2.24) is 4.72 Å². The van der Waals surface area contributed by atoms with Crippen LogP contribution in [0.4, 0.5) is 5.69 Å². The molecular weight excluding hydrogens is 256 g/mol. The van der Waals surface area contributed by atoms with Gasteiger partial charge in [0.15, 0.2) is 0 Å². The van der Waals surface area contributed by atoms with Gasteiger partial charge in [-0.05, 0) is 36.8 Å². The minimum atomic E-state index is -3.48. The van der Waals surface area contributed by atoms with Gasteiger partial charge in [-0.2, -0.15) is 11.8 Å². The Morgan fingerprint density at radius 3 is 2.82 bits per heavy atom. The quantitative estimate of drug-likeness (QED) is 0.815. The van der Waals surface area contributed by atoms with Crippen molar-refractivity contribution in [1.29, 1.82) is 0 Å². The fraction of sp³-hybridized carbons (Fsp3) is 0.455. The molecule has 3 N–H and O–H groups in total. The molecule has 1 heterocycles. The number of nitrogens with two attached hydrogens (primary N) is 1. The topological polar surface area (TPSA) is 72.2 Å². The third kappa shape index (κ3) is 2.94. The molecule has 1 aromatic rings. The van der Waals surface area contributed by atoms with Crippen LogP contribution in [0.1, 0.15) is 12.0 Å². The number of anilines is 1. The number of hydrogen-bond acceptors (Lipinski definition) is 4. The third-order valence-corrected chi connectivity index (χ3v) is 5.46. The third-order valence-electron chi connectivity index (χ3n) is 2.71. The minimum Gasteiger partial charge on any atom is -0.398 e. The van der Waals surface area contributed by atoms with Crippen molar-refractivity contribution in [2.75, 3.05) is 17.2 Å². The van der Waals surface area contributed by atoms with Crippen LogP contribution >= 0.6 is 11.8 Å². The summed E-state index contributed by atoms with van der Waals surface area (Å²) in [5, 5.41) is 0. The van der Waals surface area contributed by atoms with Gasteiger partial charge in [-0.25, -0.2) is 13.1 Å². The van der Waals surface area contributed by atoms with E-state index in [1.165, 1.54) is 0 Å². The predicted octanol–water partition coefficient (Wildman–Crippen LogP) is 1.36. The number of hydrogen-bond donors (Lipinski definition) is 2. The Bertz CT molecular complexity index is 508. The van der Waals surface area contributed by atoms with Crippen LogP contribution in [-0.2, 0) is 10.0 Å². The van der Waals surface area contributed by atoms with Crippen LogP contribution in [0.5, 0.6) is 0 Å². The second-order valence-corrected chi connectivity index (χ2v) is 7.06. The molecule has 17 heavy (non-hydrogen) atoms. The first-order valence-electron chi connectivity index (χ1n) is 5.45. The van der Waals surface area contributed by atoms with Gasteiger partial charge in [0.1, 0.15) is 4.90 Å². The SMILES string of the molecule is Cc1ccc(S(=O)(=O)NC2CCSC2)c(N)c1. The summed E-state index contributed by atoms with van der Waals surface area (Å²) in [7, 11) is -3.48. The van der Waals surface area contributed by atoms with Crippen LogP contribution in [0, 0.1) is 6.92 Å². The molecule has 1 fully saturated rings. The first kappa shape index (κ1) is 12.7. The lowest BCUT2D eigenvalue weighted by Gasteiger charge is -2.13. The van der Waals surface area contributed by atoms with E-state index in [2.05, 4.69) is 4.72 Å². The highest BCUT2D eigenvalue weighted by Gasteiger charge is 2.24. The van der Waals surface area contributed by atoms with Gasteiger partial charge in [0.05, 0.1) is 5.69 Å². The summed E-state index contributed by atoms with van der Waals surface area (Å²) in [6, 6.07) is 5.03. The number of rotatable bonds is 3. The molecule has 0 spiro atoms. The van der Waals surface area contributed by atoms with E-state index in [9.17, 15) is 8.42 Å². The summed E-state index contributed by atoms with van der Waals surface area (Å²) in [6.45, 7) is 1.88. The normalized spacial score (nSPS) is 20.6. The maximum absolute atomic E-state index is 12.1. The highest BCUT2D eigenvalue weighted by atomic mass is 32.2. The lowest BCUT2D eigenvalue weighted by molar-refractivity contribution is 0.563. The summed E-state index contributed by atoms with van der Waals surface area (Å²) >= 11 is 1.77. The molecule has 0 aromatic heterocycles. The second kappa shape index (κ2) is 4.88. The highest BCUT2D eigenvalue weighted by Crippen LogP contribution is 2.23. The second-order valence-electron chi connectivity index (χ2n) is 4.22. The summed E-state index contributed by atoms with van der Waals surface area (Å²) in [6.07, 6.45) is 0.885. The summed E-state index contributed by atoms with van der Waals surface area (Å²) in [5.41, 5.74) is 7.02. The standard InChI is InChI=1S/C11H16N2O2S2/c1-8-2-3-11(10(12)6-8)17(14,15)13-9-4-5-16-7-9/h2-3,6,9,13H,4-5,7,12H2,1H3. The van der Waals surface area contributed by atoms with Gasteiger partial charge in [-0.3, -0.25) is 0 Å². The number of nitrogen functional groups attached to an aromatic ring is 1. The van der Waals surface area contributed by atoms with Crippen molar-refractivity contribution >= 4 is 27.5 Å². The lowest BCUT2D eigenvalue weighted by atomic mass is 10.2. The Morgan fingerprint density at radius 2 is 2.24 bits per heavy atom. The maximum atomic E-state index is 12.1. The summed E-state index contributed by atoms with van der Waals surface area (Å²) in [5.74, 6) is 1.85. The Labute approximate surface area is 106 Å². The van der Waals surface area contributed by atoms with Crippen LogP contribution in [0.3, 0.4) is 0 Å². The zero-order valence-electron chi connectivity index (χ0n) is 9.64. The monoisotopic (exact) mass is 272 g/mol. The Balaban J connectivity index is 2.24. The molecule has 1 atom stereocenters. The first-order valence-corrected chi connectivity index (χ1v) is 8.09. The average Bonchev–Trinajstić information content (AvgIpc) is 2.68. The van der Waals surface area contributed by atoms with Crippen LogP contribution in [0.15, 0.2) is 23.1 Å². The van der Waals surface area contributed by atoms with Crippen LogP contribution < -0.4 is 10.5 Å². The van der Waals surface area contributed by atoms with Crippen molar-refractivity contribution in [3.63, 3.8) is 0 Å². The molecule has 4 nitrogen and oxygen atoms in total. The van der Waals surface area contributed by atoms with Crippen molar-refractivity contribution in [2.24, 2.45) is 0 Å². The molecule has 0 aliphatic carbocycles. The molecule has 0 amide bonds. The predicted molar refractivity (Wildman–Crippen MR) is 71.6 cm³/mol. The fourth-order valence-corrected chi connectivity index (χ4v) is 4.46. The molecule has 1 aromatic carbocycles. The van der Waals surface area contributed by atoms with Crippen LogP contribution in [0.25, 0.3) is 0 Å². The van der Waals surface area contributed by atoms with Crippen molar-refractivity contribution in [2.45, 2.75) is 24.3 Å². The molecule has 1 unspecified atom stereocenters. The highest BCUT2D eigenvalue weighted by molar-refractivity contribution is 7.99. The Morgan fingerprint density at radius 1 is 1.47 bits per heavy atom. The van der Waals surface area contributed by atoms with Gasteiger partial charge in [0.2, 0.25) is 10.0 Å². The van der Waals surface area contributed by atoms with Gasteiger partial charge < -0.3 is 5.73 Å². The summed E-state index contributed by atoms with van der Waals surface area (Å²) in [4.78, 5) is 0.181. The van der Waals surface area contributed by atoms with Crippen LogP contribution in [-0.4, -0.2) is 26.0 Å². The van der Waals surface area contributed by atoms with E-state index >= 15 is 0 Å². The van der Waals surface area contributed by atoms with E-state index in [0.29, 0.717) is 5.69 Å². The number of nitrogens with one attached hydrogen (secondary N) is 1. The number of thioether (sulfide) groups is 1. The molecule has 0 radical (unpaired) electrons. The van der Waals surface area contributed by atoms with E-state index in [0.717, 1.165) is 23.5 Å². The zero-order valence-corrected chi connectivity index (χ0v) is 11.3. The first-order chi connectivity index (χ1) is 7.99. The summed E-state index contributed by atoms with van der Waals surface area (Å²) < 4.78 is 26.9. The number of sulfonamides is 1. The maximum Gasteiger partial charge on any atom is 0.242 e. The number of aryl methyl sites for hydroxylation is 1. The molecule has 94 valence electrons. The van der Waals surface area contributed by atoms with Crippen molar-refractivity contribution in [3.05, 3.63) is 23.8 Å². The smallest absolute Gasteiger partial charge is 0.242 e. The van der Waals surface area contributed by atoms with Gasteiger partial charge in [0.25, 0.3) is 0 Å². The van der Waals surface area contributed by atoms with E-state index < -0.39 is 10.0 Å². The molecular formula is C11H16N2O2S2. The number of benzene rings is 1. The van der Waals surface area contributed by atoms with E-state index in [1.54, 1.807) is 30.0 Å². The average molecular weight is 272 g/mol. The molecule has 6 heteroatoms.